The largest absolute Gasteiger partial charge is 0.344 e. The zero-order valence-corrected chi connectivity index (χ0v) is 14.0. The number of nitrogens with zero attached hydrogens (tertiary/aromatic N) is 2. The van der Waals surface area contributed by atoms with E-state index in [1.54, 1.807) is 0 Å². The van der Waals surface area contributed by atoms with E-state index in [9.17, 15) is 4.79 Å². The van der Waals surface area contributed by atoms with E-state index < -0.39 is 0 Å². The number of aryl methyl sites for hydroxylation is 1. The van der Waals surface area contributed by atoms with Crippen LogP contribution in [-0.4, -0.2) is 35.0 Å². The number of halogens is 1. The molecule has 5 heteroatoms. The Balaban J connectivity index is 0.00000242. The number of carbonyl (C=O) groups is 1. The Morgan fingerprint density at radius 1 is 1.14 bits per heavy atom. The van der Waals surface area contributed by atoms with Crippen molar-refractivity contribution in [2.24, 2.45) is 12.8 Å². The molecule has 2 N–H and O–H groups in total. The average Bonchev–Trinajstić information content (AvgIpc) is 2.84. The van der Waals surface area contributed by atoms with Crippen molar-refractivity contribution >= 4 is 18.3 Å². The lowest BCUT2D eigenvalue weighted by Gasteiger charge is -2.22. The van der Waals surface area contributed by atoms with Crippen molar-refractivity contribution in [1.29, 1.82) is 0 Å². The predicted octanol–water partition coefficient (Wildman–Crippen LogP) is 2.40. The van der Waals surface area contributed by atoms with Crippen LogP contribution in [0.25, 0.3) is 0 Å². The Labute approximate surface area is 138 Å². The molecule has 2 rings (SSSR count). The fourth-order valence-corrected chi connectivity index (χ4v) is 2.37. The summed E-state index contributed by atoms with van der Waals surface area (Å²) in [5, 5.41) is 0. The molecule has 1 amide bonds. The first-order valence-electron chi connectivity index (χ1n) is 7.29. The van der Waals surface area contributed by atoms with Crippen molar-refractivity contribution in [2.75, 3.05) is 19.6 Å². The van der Waals surface area contributed by atoms with Crippen LogP contribution >= 0.6 is 12.4 Å². The third kappa shape index (κ3) is 4.36. The first kappa shape index (κ1) is 18.3. The van der Waals surface area contributed by atoms with Crippen molar-refractivity contribution in [3.63, 3.8) is 0 Å². The maximum Gasteiger partial charge on any atom is 0.270 e. The Hall–Kier alpha value is -1.78. The van der Waals surface area contributed by atoms with Gasteiger partial charge in [0.25, 0.3) is 5.91 Å². The van der Waals surface area contributed by atoms with Gasteiger partial charge >= 0.3 is 0 Å². The van der Waals surface area contributed by atoms with Crippen molar-refractivity contribution < 1.29 is 4.79 Å². The molecule has 4 nitrogen and oxygen atoms in total. The van der Waals surface area contributed by atoms with Crippen LogP contribution in [0.3, 0.4) is 0 Å². The lowest BCUT2D eigenvalue weighted by atomic mass is 10.1. The van der Waals surface area contributed by atoms with Gasteiger partial charge in [-0.05, 0) is 31.0 Å². The zero-order chi connectivity index (χ0) is 15.2. The third-order valence-corrected chi connectivity index (χ3v) is 3.79. The fourth-order valence-electron chi connectivity index (χ4n) is 2.37. The molecule has 1 heterocycles. The molecule has 0 saturated heterocycles. The number of nitrogens with two attached hydrogens (primary N) is 1. The fraction of sp³-hybridized carbons (Fsp3) is 0.353. The first-order valence-corrected chi connectivity index (χ1v) is 7.29. The van der Waals surface area contributed by atoms with Gasteiger partial charge in [-0.1, -0.05) is 30.3 Å². The summed E-state index contributed by atoms with van der Waals surface area (Å²) < 4.78 is 1.92. The molecule has 1 aromatic heterocycles. The molecule has 0 aliphatic carbocycles. The van der Waals surface area contributed by atoms with Gasteiger partial charge in [-0.25, -0.2) is 0 Å². The van der Waals surface area contributed by atoms with Crippen LogP contribution < -0.4 is 5.73 Å². The van der Waals surface area contributed by atoms with Gasteiger partial charge in [0.2, 0.25) is 0 Å². The molecule has 0 aliphatic rings. The molecule has 0 bridgehead atoms. The van der Waals surface area contributed by atoms with Gasteiger partial charge < -0.3 is 15.2 Å². The van der Waals surface area contributed by atoms with Gasteiger partial charge in [0.1, 0.15) is 5.69 Å². The second-order valence-electron chi connectivity index (χ2n) is 5.24. The van der Waals surface area contributed by atoms with Crippen LogP contribution in [0, 0.1) is 6.92 Å². The number of hydrogen-bond donors (Lipinski definition) is 1. The molecule has 120 valence electrons. The molecule has 0 radical (unpaired) electrons. The standard InChI is InChI=1S/C17H23N3O.ClH/c1-14-8-9-16(19(14)2)17(21)20(13-11-18)12-10-15-6-4-3-5-7-15;/h3-9H,10-13,18H2,1-2H3;1H. The summed E-state index contributed by atoms with van der Waals surface area (Å²) in [6.07, 6.45) is 0.843. The second kappa shape index (κ2) is 8.61. The molecule has 0 unspecified atom stereocenters. The molecule has 0 spiro atoms. The molecule has 2 aromatic rings. The van der Waals surface area contributed by atoms with Gasteiger partial charge in [-0.3, -0.25) is 4.79 Å². The van der Waals surface area contributed by atoms with Crippen molar-refractivity contribution in [1.82, 2.24) is 9.47 Å². The lowest BCUT2D eigenvalue weighted by molar-refractivity contribution is 0.0752. The van der Waals surface area contributed by atoms with Gasteiger partial charge in [0, 0.05) is 32.4 Å². The summed E-state index contributed by atoms with van der Waals surface area (Å²) in [6, 6.07) is 14.0. The highest BCUT2D eigenvalue weighted by atomic mass is 35.5. The molecular weight excluding hydrogens is 298 g/mol. The highest BCUT2D eigenvalue weighted by Gasteiger charge is 2.18. The summed E-state index contributed by atoms with van der Waals surface area (Å²) in [5.41, 5.74) is 8.68. The number of rotatable bonds is 6. The molecule has 22 heavy (non-hydrogen) atoms. The molecule has 0 saturated carbocycles. The van der Waals surface area contributed by atoms with E-state index in [0.29, 0.717) is 25.3 Å². The maximum atomic E-state index is 12.6. The van der Waals surface area contributed by atoms with E-state index in [1.165, 1.54) is 5.56 Å². The van der Waals surface area contributed by atoms with E-state index in [4.69, 9.17) is 5.73 Å². The normalized spacial score (nSPS) is 10.1. The summed E-state index contributed by atoms with van der Waals surface area (Å²) in [7, 11) is 1.92. The van der Waals surface area contributed by atoms with E-state index >= 15 is 0 Å². The molecule has 1 aromatic carbocycles. The van der Waals surface area contributed by atoms with Crippen molar-refractivity contribution in [3.05, 3.63) is 59.4 Å². The van der Waals surface area contributed by atoms with E-state index in [2.05, 4.69) is 12.1 Å². The Bertz CT molecular complexity index is 595. The van der Waals surface area contributed by atoms with Crippen LogP contribution in [-0.2, 0) is 13.5 Å². The van der Waals surface area contributed by atoms with Crippen LogP contribution in [0.15, 0.2) is 42.5 Å². The van der Waals surface area contributed by atoms with Crippen LogP contribution in [0.4, 0.5) is 0 Å². The Morgan fingerprint density at radius 3 is 2.36 bits per heavy atom. The van der Waals surface area contributed by atoms with Crippen LogP contribution in [0.1, 0.15) is 21.7 Å². The van der Waals surface area contributed by atoms with Gasteiger partial charge in [0.05, 0.1) is 0 Å². The molecule has 0 aliphatic heterocycles. The quantitative estimate of drug-likeness (QED) is 0.888. The zero-order valence-electron chi connectivity index (χ0n) is 13.2. The third-order valence-electron chi connectivity index (χ3n) is 3.79. The maximum absolute atomic E-state index is 12.6. The molecular formula is C17H24ClN3O. The number of carbonyl (C=O) groups excluding carboxylic acids is 1. The van der Waals surface area contributed by atoms with Gasteiger partial charge in [0.15, 0.2) is 0 Å². The van der Waals surface area contributed by atoms with Crippen LogP contribution in [0.2, 0.25) is 0 Å². The number of aromatic nitrogens is 1. The highest BCUT2D eigenvalue weighted by Crippen LogP contribution is 2.10. The van der Waals surface area contributed by atoms with E-state index in [1.807, 2.05) is 53.8 Å². The van der Waals surface area contributed by atoms with Gasteiger partial charge in [-0.2, -0.15) is 0 Å². The summed E-state index contributed by atoms with van der Waals surface area (Å²) in [5.74, 6) is 0.0481. The number of benzene rings is 1. The topological polar surface area (TPSA) is 51.3 Å². The second-order valence-corrected chi connectivity index (χ2v) is 5.24. The smallest absolute Gasteiger partial charge is 0.270 e. The minimum Gasteiger partial charge on any atom is -0.344 e. The monoisotopic (exact) mass is 321 g/mol. The van der Waals surface area contributed by atoms with E-state index in [-0.39, 0.29) is 18.3 Å². The molecule has 0 fully saturated rings. The average molecular weight is 322 g/mol. The van der Waals surface area contributed by atoms with Gasteiger partial charge in [-0.15, -0.1) is 12.4 Å². The SMILES string of the molecule is Cc1ccc(C(=O)N(CCN)CCc2ccccc2)n1C.Cl. The Morgan fingerprint density at radius 2 is 1.82 bits per heavy atom. The summed E-state index contributed by atoms with van der Waals surface area (Å²) in [6.45, 7) is 3.73. The minimum atomic E-state index is 0. The minimum absolute atomic E-state index is 0. The molecule has 0 atom stereocenters. The van der Waals surface area contributed by atoms with Crippen molar-refractivity contribution in [3.8, 4) is 0 Å². The predicted molar refractivity (Wildman–Crippen MR) is 92.5 cm³/mol. The Kier molecular flexibility index (Phi) is 7.15. The van der Waals surface area contributed by atoms with Crippen molar-refractivity contribution in [2.45, 2.75) is 13.3 Å². The first-order chi connectivity index (χ1) is 10.1. The summed E-state index contributed by atoms with van der Waals surface area (Å²) in [4.78, 5) is 14.5. The highest BCUT2D eigenvalue weighted by molar-refractivity contribution is 5.93. The lowest BCUT2D eigenvalue weighted by Crippen LogP contribution is -2.37. The number of amides is 1. The number of hydrogen-bond acceptors (Lipinski definition) is 2. The van der Waals surface area contributed by atoms with Crippen LogP contribution in [0.5, 0.6) is 0 Å². The summed E-state index contributed by atoms with van der Waals surface area (Å²) >= 11 is 0. The van der Waals surface area contributed by atoms with E-state index in [0.717, 1.165) is 12.1 Å².